The Morgan fingerprint density at radius 3 is 3.10 bits per heavy atom. The van der Waals surface area contributed by atoms with Gasteiger partial charge in [-0.25, -0.2) is 0 Å². The summed E-state index contributed by atoms with van der Waals surface area (Å²) in [6, 6.07) is 7.66. The zero-order chi connectivity index (χ0) is 14.1. The quantitative estimate of drug-likeness (QED) is 0.685. The molecule has 1 aromatic heterocycles. The van der Waals surface area contributed by atoms with E-state index >= 15 is 0 Å². The number of rotatable bonds is 3. The van der Waals surface area contributed by atoms with Crippen LogP contribution in [0.4, 0.5) is 11.5 Å². The number of aromatic nitrogens is 2. The van der Waals surface area contributed by atoms with E-state index in [-0.39, 0.29) is 11.7 Å². The van der Waals surface area contributed by atoms with Crippen molar-refractivity contribution in [3.05, 3.63) is 46.1 Å². The van der Waals surface area contributed by atoms with Crippen molar-refractivity contribution in [3.8, 4) is 5.75 Å². The Bertz CT molecular complexity index is 653. The monoisotopic (exact) mass is 274 g/mol. The minimum Gasteiger partial charge on any atom is -0.493 e. The number of nitrogens with one attached hydrogen (secondary N) is 1. The number of nitro groups is 1. The number of anilines is 1. The summed E-state index contributed by atoms with van der Waals surface area (Å²) in [5.41, 5.74) is 0.982. The van der Waals surface area contributed by atoms with E-state index in [9.17, 15) is 10.1 Å². The van der Waals surface area contributed by atoms with Crippen LogP contribution in [-0.4, -0.2) is 21.3 Å². The van der Waals surface area contributed by atoms with Crippen molar-refractivity contribution in [3.63, 3.8) is 0 Å². The second-order valence-electron chi connectivity index (χ2n) is 4.67. The summed E-state index contributed by atoms with van der Waals surface area (Å²) in [6.45, 7) is 0.579. The van der Waals surface area contributed by atoms with Gasteiger partial charge in [0.05, 0.1) is 17.6 Å². The van der Waals surface area contributed by atoms with Gasteiger partial charge in [0.2, 0.25) is 5.82 Å². The second kappa shape index (κ2) is 4.84. The largest absolute Gasteiger partial charge is 0.493 e. The van der Waals surface area contributed by atoms with Crippen LogP contribution in [0.25, 0.3) is 0 Å². The maximum atomic E-state index is 11.0. The number of ether oxygens (including phenoxy) is 1. The molecule has 1 aliphatic heterocycles. The topological polar surface area (TPSA) is 82.2 Å². The highest BCUT2D eigenvalue weighted by Gasteiger charge is 2.26. The second-order valence-corrected chi connectivity index (χ2v) is 4.67. The molecule has 2 aromatic rings. The molecule has 20 heavy (non-hydrogen) atoms. The molecule has 0 spiro atoms. The molecular weight excluding hydrogens is 260 g/mol. The lowest BCUT2D eigenvalue weighted by molar-refractivity contribution is -0.384. The summed E-state index contributed by atoms with van der Waals surface area (Å²) in [6.07, 6.45) is 2.14. The fourth-order valence-electron chi connectivity index (χ4n) is 2.37. The van der Waals surface area contributed by atoms with Crippen LogP contribution >= 0.6 is 0 Å². The van der Waals surface area contributed by atoms with Gasteiger partial charge in [-0.2, -0.15) is 0 Å². The highest BCUT2D eigenvalue weighted by atomic mass is 16.6. The van der Waals surface area contributed by atoms with Crippen LogP contribution in [0.3, 0.4) is 0 Å². The highest BCUT2D eigenvalue weighted by molar-refractivity contribution is 5.56. The number of hydrogen-bond donors (Lipinski definition) is 1. The van der Waals surface area contributed by atoms with Gasteiger partial charge in [0.15, 0.2) is 0 Å². The van der Waals surface area contributed by atoms with Crippen molar-refractivity contribution < 1.29 is 9.66 Å². The number of fused-ring (bicyclic) bond motifs is 1. The van der Waals surface area contributed by atoms with E-state index in [1.165, 1.54) is 10.9 Å². The first-order valence-corrected chi connectivity index (χ1v) is 6.31. The van der Waals surface area contributed by atoms with E-state index in [1.54, 1.807) is 7.05 Å². The van der Waals surface area contributed by atoms with Gasteiger partial charge in [0.25, 0.3) is 0 Å². The summed E-state index contributed by atoms with van der Waals surface area (Å²) in [5, 5.41) is 18.3. The molecule has 0 saturated heterocycles. The summed E-state index contributed by atoms with van der Waals surface area (Å²) >= 11 is 0. The third kappa shape index (κ3) is 2.18. The molecule has 0 radical (unpaired) electrons. The Balaban J connectivity index is 1.91. The van der Waals surface area contributed by atoms with E-state index in [0.717, 1.165) is 17.7 Å². The molecule has 0 amide bonds. The number of nitrogens with zero attached hydrogens (tertiary/aromatic N) is 3. The molecule has 7 heteroatoms. The number of para-hydroxylation sites is 1. The molecule has 1 N–H and O–H groups in total. The van der Waals surface area contributed by atoms with Crippen LogP contribution in [0.1, 0.15) is 18.0 Å². The van der Waals surface area contributed by atoms with E-state index in [2.05, 4.69) is 10.4 Å². The molecule has 1 aromatic carbocycles. The molecule has 3 rings (SSSR count). The lowest BCUT2D eigenvalue weighted by Gasteiger charge is -2.26. The molecule has 104 valence electrons. The number of benzene rings is 1. The average Bonchev–Trinajstić information content (AvgIpc) is 2.80. The van der Waals surface area contributed by atoms with Crippen LogP contribution < -0.4 is 10.1 Å². The van der Waals surface area contributed by atoms with Gasteiger partial charge >= 0.3 is 5.69 Å². The first-order valence-electron chi connectivity index (χ1n) is 6.31. The Kier molecular flexibility index (Phi) is 3.02. The predicted molar refractivity (Wildman–Crippen MR) is 72.8 cm³/mol. The molecule has 1 atom stereocenters. The van der Waals surface area contributed by atoms with Gasteiger partial charge < -0.3 is 10.1 Å². The summed E-state index contributed by atoms with van der Waals surface area (Å²) in [5.74, 6) is 1.11. The fraction of sp³-hybridized carbons (Fsp3) is 0.308. The standard InChI is InChI=1S/C13H14N4O3/c1-16-8-11(17(18)19)13(15-16)14-10-6-7-20-12-5-3-2-4-9(10)12/h2-5,8,10H,6-7H2,1H3,(H,14,15). The Morgan fingerprint density at radius 2 is 2.30 bits per heavy atom. The van der Waals surface area contributed by atoms with E-state index in [4.69, 9.17) is 4.74 Å². The van der Waals surface area contributed by atoms with Crippen LogP contribution in [0, 0.1) is 10.1 Å². The van der Waals surface area contributed by atoms with Crippen LogP contribution in [0.15, 0.2) is 30.5 Å². The molecule has 1 unspecified atom stereocenters. The molecule has 2 heterocycles. The Labute approximate surface area is 115 Å². The lowest BCUT2D eigenvalue weighted by atomic mass is 10.0. The first-order chi connectivity index (χ1) is 9.65. The minimum absolute atomic E-state index is 0.0172. The zero-order valence-corrected chi connectivity index (χ0v) is 10.9. The predicted octanol–water partition coefficient (Wildman–Crippen LogP) is 2.26. The smallest absolute Gasteiger partial charge is 0.330 e. The molecule has 0 fully saturated rings. The van der Waals surface area contributed by atoms with Gasteiger partial charge in [0, 0.05) is 19.0 Å². The fourth-order valence-corrected chi connectivity index (χ4v) is 2.37. The third-order valence-corrected chi connectivity index (χ3v) is 3.28. The van der Waals surface area contributed by atoms with Crippen molar-refractivity contribution in [1.29, 1.82) is 0 Å². The summed E-state index contributed by atoms with van der Waals surface area (Å²) < 4.78 is 7.01. The van der Waals surface area contributed by atoms with E-state index < -0.39 is 4.92 Å². The molecular formula is C13H14N4O3. The summed E-state index contributed by atoms with van der Waals surface area (Å²) in [4.78, 5) is 10.6. The Hall–Kier alpha value is -2.57. The first kappa shape index (κ1) is 12.5. The van der Waals surface area contributed by atoms with Crippen molar-refractivity contribution in [1.82, 2.24) is 9.78 Å². The van der Waals surface area contributed by atoms with Crippen molar-refractivity contribution in [2.45, 2.75) is 12.5 Å². The van der Waals surface area contributed by atoms with Crippen LogP contribution in [0.2, 0.25) is 0 Å². The van der Waals surface area contributed by atoms with Crippen LogP contribution in [0.5, 0.6) is 5.75 Å². The van der Waals surface area contributed by atoms with Crippen molar-refractivity contribution >= 4 is 11.5 Å². The van der Waals surface area contributed by atoms with Gasteiger partial charge in [-0.05, 0) is 6.07 Å². The minimum atomic E-state index is -0.430. The maximum Gasteiger partial charge on any atom is 0.330 e. The third-order valence-electron chi connectivity index (χ3n) is 3.28. The van der Waals surface area contributed by atoms with Gasteiger partial charge in [-0.3, -0.25) is 14.8 Å². The van der Waals surface area contributed by atoms with E-state index in [0.29, 0.717) is 12.4 Å². The maximum absolute atomic E-state index is 11.0. The van der Waals surface area contributed by atoms with Crippen LogP contribution in [-0.2, 0) is 7.05 Å². The zero-order valence-electron chi connectivity index (χ0n) is 10.9. The molecule has 1 aliphatic rings. The van der Waals surface area contributed by atoms with Gasteiger partial charge in [0.1, 0.15) is 11.9 Å². The lowest BCUT2D eigenvalue weighted by Crippen LogP contribution is -2.20. The molecule has 0 bridgehead atoms. The van der Waals surface area contributed by atoms with Crippen molar-refractivity contribution in [2.24, 2.45) is 7.05 Å². The molecule has 0 saturated carbocycles. The van der Waals surface area contributed by atoms with Crippen molar-refractivity contribution in [2.75, 3.05) is 11.9 Å². The normalized spacial score (nSPS) is 17.1. The van der Waals surface area contributed by atoms with E-state index in [1.807, 2.05) is 24.3 Å². The highest BCUT2D eigenvalue weighted by Crippen LogP contribution is 2.35. The number of hydrogen-bond acceptors (Lipinski definition) is 5. The average molecular weight is 274 g/mol. The van der Waals surface area contributed by atoms with Gasteiger partial charge in [-0.15, -0.1) is 5.10 Å². The molecule has 7 nitrogen and oxygen atoms in total. The van der Waals surface area contributed by atoms with Gasteiger partial charge in [-0.1, -0.05) is 18.2 Å². The Morgan fingerprint density at radius 1 is 1.50 bits per heavy atom. The number of aryl methyl sites for hydroxylation is 1. The molecule has 0 aliphatic carbocycles. The summed E-state index contributed by atoms with van der Waals surface area (Å²) in [7, 11) is 1.66. The SMILES string of the molecule is Cn1cc([N+](=O)[O-])c(NC2CCOc3ccccc32)n1.